The number of aromatic nitrogens is 2. The minimum absolute atomic E-state index is 0.0320. The molecule has 3 heterocycles. The van der Waals surface area contributed by atoms with Crippen LogP contribution < -0.4 is 9.80 Å². The molecule has 0 radical (unpaired) electrons. The zero-order valence-electron chi connectivity index (χ0n) is 21.0. The van der Waals surface area contributed by atoms with Crippen molar-refractivity contribution in [2.24, 2.45) is 7.05 Å². The summed E-state index contributed by atoms with van der Waals surface area (Å²) in [6.45, 7) is 8.81. The van der Waals surface area contributed by atoms with Crippen LogP contribution in [-0.2, 0) is 20.1 Å². The smallest absolute Gasteiger partial charge is 0.325 e. The molecule has 2 amide bonds. The number of nitrogens with zero attached hydrogens (tertiary/aromatic N) is 5. The molecular formula is C28H34FN5O. The van der Waals surface area contributed by atoms with E-state index in [9.17, 15) is 9.18 Å². The Balaban J connectivity index is 1.38. The maximum atomic E-state index is 14.5. The number of rotatable bonds is 5. The molecule has 184 valence electrons. The Morgan fingerprint density at radius 1 is 1.09 bits per heavy atom. The zero-order valence-corrected chi connectivity index (χ0v) is 21.0. The summed E-state index contributed by atoms with van der Waals surface area (Å²) in [5, 5.41) is 4.69. The fourth-order valence-electron chi connectivity index (χ4n) is 5.62. The number of amides is 2. The number of carbonyl (C=O) groups excluding carboxylic acids is 1. The van der Waals surface area contributed by atoms with Crippen LogP contribution in [0, 0.1) is 12.7 Å². The zero-order chi connectivity index (χ0) is 24.7. The summed E-state index contributed by atoms with van der Waals surface area (Å²) in [7, 11) is 1.91. The lowest BCUT2D eigenvalue weighted by molar-refractivity contribution is 0.158. The van der Waals surface area contributed by atoms with E-state index in [2.05, 4.69) is 42.0 Å². The van der Waals surface area contributed by atoms with E-state index in [1.165, 1.54) is 11.6 Å². The molecule has 0 saturated carbocycles. The van der Waals surface area contributed by atoms with Gasteiger partial charge in [-0.25, -0.2) is 9.18 Å². The average Bonchev–Trinajstić information content (AvgIpc) is 3.21. The quantitative estimate of drug-likeness (QED) is 0.482. The van der Waals surface area contributed by atoms with Gasteiger partial charge in [0, 0.05) is 32.4 Å². The van der Waals surface area contributed by atoms with Gasteiger partial charge in [-0.15, -0.1) is 0 Å². The van der Waals surface area contributed by atoms with Gasteiger partial charge in [0.1, 0.15) is 11.5 Å². The molecule has 2 aliphatic heterocycles. The number of piperidine rings is 1. The van der Waals surface area contributed by atoms with Gasteiger partial charge in [-0.1, -0.05) is 50.2 Å². The van der Waals surface area contributed by atoms with Gasteiger partial charge < -0.3 is 9.80 Å². The highest BCUT2D eigenvalue weighted by molar-refractivity contribution is 5.94. The monoisotopic (exact) mass is 475 g/mol. The molecule has 1 fully saturated rings. The van der Waals surface area contributed by atoms with E-state index in [0.29, 0.717) is 24.7 Å². The number of para-hydroxylation sites is 1. The van der Waals surface area contributed by atoms with Gasteiger partial charge in [-0.3, -0.25) is 9.58 Å². The van der Waals surface area contributed by atoms with E-state index in [1.807, 2.05) is 42.1 Å². The molecule has 0 N–H and O–H groups in total. The predicted molar refractivity (Wildman–Crippen MR) is 137 cm³/mol. The molecule has 35 heavy (non-hydrogen) atoms. The average molecular weight is 476 g/mol. The van der Waals surface area contributed by atoms with Crippen LogP contribution in [0.4, 0.5) is 20.6 Å². The first-order valence-electron chi connectivity index (χ1n) is 12.5. The first-order chi connectivity index (χ1) is 16.8. The van der Waals surface area contributed by atoms with Crippen molar-refractivity contribution in [1.29, 1.82) is 0 Å². The molecule has 5 rings (SSSR count). The topological polar surface area (TPSA) is 44.6 Å². The van der Waals surface area contributed by atoms with Crippen molar-refractivity contribution in [2.45, 2.75) is 58.7 Å². The number of benzene rings is 2. The highest BCUT2D eigenvalue weighted by atomic mass is 19.1. The van der Waals surface area contributed by atoms with E-state index >= 15 is 0 Å². The van der Waals surface area contributed by atoms with E-state index in [1.54, 1.807) is 10.7 Å². The number of anilines is 2. The first kappa shape index (κ1) is 23.4. The van der Waals surface area contributed by atoms with Crippen molar-refractivity contribution in [1.82, 2.24) is 14.7 Å². The van der Waals surface area contributed by atoms with Crippen LogP contribution in [0.2, 0.25) is 0 Å². The van der Waals surface area contributed by atoms with E-state index < -0.39 is 0 Å². The van der Waals surface area contributed by atoms with Gasteiger partial charge in [0.15, 0.2) is 0 Å². The summed E-state index contributed by atoms with van der Waals surface area (Å²) in [6.07, 6.45) is 3.56. The van der Waals surface area contributed by atoms with Gasteiger partial charge >= 0.3 is 6.03 Å². The third-order valence-corrected chi connectivity index (χ3v) is 7.39. The van der Waals surface area contributed by atoms with Gasteiger partial charge in [-0.2, -0.15) is 5.10 Å². The molecule has 2 aromatic carbocycles. The Bertz CT molecular complexity index is 1210. The highest BCUT2D eigenvalue weighted by Gasteiger charge is 2.38. The number of halogens is 1. The van der Waals surface area contributed by atoms with E-state index in [0.717, 1.165) is 48.4 Å². The SMILES string of the molecule is Cc1cccc(F)c1N1CCC(N2Cc3nn(C)cc3N(Cc3ccccc3C(C)C)C2=O)CC1. The molecule has 0 aliphatic carbocycles. The molecule has 6 nitrogen and oxygen atoms in total. The molecule has 0 bridgehead atoms. The van der Waals surface area contributed by atoms with Crippen LogP contribution in [0.3, 0.4) is 0 Å². The minimum Gasteiger partial charge on any atom is -0.369 e. The highest BCUT2D eigenvalue weighted by Crippen LogP contribution is 2.35. The number of aryl methyl sites for hydroxylation is 2. The molecule has 1 aromatic heterocycles. The van der Waals surface area contributed by atoms with Crippen LogP contribution in [0.25, 0.3) is 0 Å². The molecule has 0 spiro atoms. The Labute approximate surface area is 206 Å². The summed E-state index contributed by atoms with van der Waals surface area (Å²) < 4.78 is 16.3. The summed E-state index contributed by atoms with van der Waals surface area (Å²) in [4.78, 5) is 19.9. The first-order valence-corrected chi connectivity index (χ1v) is 12.5. The van der Waals surface area contributed by atoms with Crippen molar-refractivity contribution in [3.05, 3.63) is 76.9 Å². The van der Waals surface area contributed by atoms with Gasteiger partial charge in [0.05, 0.1) is 24.5 Å². The summed E-state index contributed by atoms with van der Waals surface area (Å²) in [6, 6.07) is 13.7. The molecule has 1 saturated heterocycles. The molecule has 0 atom stereocenters. The fraction of sp³-hybridized carbons (Fsp3) is 0.429. The molecule has 3 aromatic rings. The Hall–Kier alpha value is -3.35. The lowest BCUT2D eigenvalue weighted by Gasteiger charge is -2.43. The Kier molecular flexibility index (Phi) is 6.26. The summed E-state index contributed by atoms with van der Waals surface area (Å²) >= 11 is 0. The Morgan fingerprint density at radius 2 is 1.83 bits per heavy atom. The third kappa shape index (κ3) is 4.40. The Morgan fingerprint density at radius 3 is 2.54 bits per heavy atom. The number of carbonyl (C=O) groups is 1. The second kappa shape index (κ2) is 9.36. The molecule has 0 unspecified atom stereocenters. The fourth-order valence-corrected chi connectivity index (χ4v) is 5.62. The maximum absolute atomic E-state index is 14.5. The second-order valence-electron chi connectivity index (χ2n) is 10.1. The summed E-state index contributed by atoms with van der Waals surface area (Å²) in [5.74, 6) is 0.201. The van der Waals surface area contributed by atoms with Gasteiger partial charge in [0.2, 0.25) is 0 Å². The van der Waals surface area contributed by atoms with Gasteiger partial charge in [-0.05, 0) is 48.4 Å². The van der Waals surface area contributed by atoms with Crippen molar-refractivity contribution < 1.29 is 9.18 Å². The van der Waals surface area contributed by atoms with E-state index in [4.69, 9.17) is 0 Å². The largest absolute Gasteiger partial charge is 0.369 e. The van der Waals surface area contributed by atoms with E-state index in [-0.39, 0.29) is 17.9 Å². The van der Waals surface area contributed by atoms with Gasteiger partial charge in [0.25, 0.3) is 0 Å². The van der Waals surface area contributed by atoms with Crippen LogP contribution in [-0.4, -0.2) is 39.8 Å². The maximum Gasteiger partial charge on any atom is 0.325 e. The lowest BCUT2D eigenvalue weighted by atomic mass is 9.96. The lowest BCUT2D eigenvalue weighted by Crippen LogP contribution is -2.54. The molecule has 7 heteroatoms. The van der Waals surface area contributed by atoms with Crippen molar-refractivity contribution in [3.8, 4) is 0 Å². The summed E-state index contributed by atoms with van der Waals surface area (Å²) in [5.41, 5.74) is 5.89. The molecular weight excluding hydrogens is 441 g/mol. The van der Waals surface area contributed by atoms with Crippen LogP contribution in [0.1, 0.15) is 55.0 Å². The number of hydrogen-bond donors (Lipinski definition) is 0. The number of hydrogen-bond acceptors (Lipinski definition) is 3. The van der Waals surface area contributed by atoms with Crippen molar-refractivity contribution in [3.63, 3.8) is 0 Å². The normalized spacial score (nSPS) is 16.9. The number of urea groups is 1. The third-order valence-electron chi connectivity index (χ3n) is 7.39. The molecule has 2 aliphatic rings. The van der Waals surface area contributed by atoms with Crippen LogP contribution in [0.15, 0.2) is 48.7 Å². The van der Waals surface area contributed by atoms with Crippen LogP contribution >= 0.6 is 0 Å². The predicted octanol–water partition coefficient (Wildman–Crippen LogP) is 5.60. The second-order valence-corrected chi connectivity index (χ2v) is 10.1. The standard InChI is InChI=1S/C28H34FN5O/c1-19(2)23-10-6-5-9-21(23)16-34-26-18-31(4)30-25(26)17-33(28(34)35)22-12-14-32(15-13-22)27-20(3)8-7-11-24(27)29/h5-11,18-19,22H,12-17H2,1-4H3. The van der Waals surface area contributed by atoms with Crippen molar-refractivity contribution >= 4 is 17.4 Å². The van der Waals surface area contributed by atoms with Crippen molar-refractivity contribution in [2.75, 3.05) is 22.9 Å². The van der Waals surface area contributed by atoms with Crippen LogP contribution in [0.5, 0.6) is 0 Å². The minimum atomic E-state index is -0.175. The number of fused-ring (bicyclic) bond motifs is 1.